The predicted octanol–water partition coefficient (Wildman–Crippen LogP) is 1.88. The molecule has 1 saturated heterocycles. The van der Waals surface area contributed by atoms with Gasteiger partial charge in [-0.2, -0.15) is 0 Å². The normalized spacial score (nSPS) is 18.2. The maximum Gasteiger partial charge on any atom is 0.0402 e. The van der Waals surface area contributed by atoms with Gasteiger partial charge in [-0.05, 0) is 45.8 Å². The Hall–Kier alpha value is -0.0800. The van der Waals surface area contributed by atoms with E-state index in [0.29, 0.717) is 0 Å². The average molecular weight is 173 g/mol. The Bertz CT molecular complexity index is 77.2. The van der Waals surface area contributed by atoms with Crippen LogP contribution in [-0.2, 0) is 0 Å². The minimum atomic E-state index is 0.250. The summed E-state index contributed by atoms with van der Waals surface area (Å²) in [6, 6.07) is 0. The summed E-state index contributed by atoms with van der Waals surface area (Å²) in [4.78, 5) is 2.57. The van der Waals surface area contributed by atoms with Crippen LogP contribution in [0.15, 0.2) is 0 Å². The Morgan fingerprint density at radius 3 is 2.00 bits per heavy atom. The first kappa shape index (κ1) is 11.9. The van der Waals surface area contributed by atoms with Gasteiger partial charge in [-0.15, -0.1) is 0 Å². The first-order valence-electron chi connectivity index (χ1n) is 5.18. The Labute approximate surface area is 76.6 Å². The monoisotopic (exact) mass is 173 g/mol. The van der Waals surface area contributed by atoms with Crippen molar-refractivity contribution in [2.75, 3.05) is 26.2 Å². The van der Waals surface area contributed by atoms with Crippen molar-refractivity contribution in [2.24, 2.45) is 0 Å². The van der Waals surface area contributed by atoms with Gasteiger partial charge < -0.3 is 10.0 Å². The first-order chi connectivity index (χ1) is 5.85. The Morgan fingerprint density at radius 2 is 1.58 bits per heavy atom. The summed E-state index contributed by atoms with van der Waals surface area (Å²) in [5, 5.41) is 7.57. The molecular formula is C10H23NO. The maximum atomic E-state index is 7.57. The number of rotatable bonds is 2. The summed E-state index contributed by atoms with van der Waals surface area (Å²) < 4.78 is 0. The van der Waals surface area contributed by atoms with E-state index in [-0.39, 0.29) is 6.61 Å². The third-order valence-corrected chi connectivity index (χ3v) is 1.99. The van der Waals surface area contributed by atoms with E-state index < -0.39 is 0 Å². The molecule has 0 unspecified atom stereocenters. The molecule has 0 aliphatic carbocycles. The highest BCUT2D eigenvalue weighted by Crippen LogP contribution is 2.07. The number of hydrogen-bond acceptors (Lipinski definition) is 2. The van der Waals surface area contributed by atoms with E-state index in [1.54, 1.807) is 6.92 Å². The minimum absolute atomic E-state index is 0.250. The van der Waals surface area contributed by atoms with E-state index in [1.165, 1.54) is 45.3 Å². The SMILES string of the molecule is CCCN1CCCCC1.CCO. The summed E-state index contributed by atoms with van der Waals surface area (Å²) in [5.41, 5.74) is 0. The van der Waals surface area contributed by atoms with E-state index in [9.17, 15) is 0 Å². The second-order valence-corrected chi connectivity index (χ2v) is 3.22. The third kappa shape index (κ3) is 6.62. The Morgan fingerprint density at radius 1 is 1.08 bits per heavy atom. The van der Waals surface area contributed by atoms with Crippen molar-refractivity contribution < 1.29 is 5.11 Å². The van der Waals surface area contributed by atoms with Gasteiger partial charge in [0, 0.05) is 6.61 Å². The molecule has 12 heavy (non-hydrogen) atoms. The topological polar surface area (TPSA) is 23.5 Å². The van der Waals surface area contributed by atoms with Gasteiger partial charge in [0.2, 0.25) is 0 Å². The van der Waals surface area contributed by atoms with E-state index >= 15 is 0 Å². The summed E-state index contributed by atoms with van der Waals surface area (Å²) in [6.07, 6.45) is 5.64. The molecule has 2 nitrogen and oxygen atoms in total. The molecule has 0 bridgehead atoms. The molecule has 0 aromatic rings. The zero-order valence-corrected chi connectivity index (χ0v) is 8.55. The van der Waals surface area contributed by atoms with Gasteiger partial charge in [-0.3, -0.25) is 0 Å². The number of aliphatic hydroxyl groups is 1. The van der Waals surface area contributed by atoms with Gasteiger partial charge >= 0.3 is 0 Å². The molecule has 2 heteroatoms. The highest BCUT2D eigenvalue weighted by Gasteiger charge is 2.07. The van der Waals surface area contributed by atoms with Gasteiger partial charge in [-0.1, -0.05) is 13.3 Å². The van der Waals surface area contributed by atoms with Crippen LogP contribution in [0.5, 0.6) is 0 Å². The van der Waals surface area contributed by atoms with E-state index in [4.69, 9.17) is 5.11 Å². The van der Waals surface area contributed by atoms with Gasteiger partial charge in [-0.25, -0.2) is 0 Å². The summed E-state index contributed by atoms with van der Waals surface area (Å²) >= 11 is 0. The lowest BCUT2D eigenvalue weighted by molar-refractivity contribution is 0.229. The standard InChI is InChI=1S/C8H17N.C2H6O/c1-2-6-9-7-4-3-5-8-9;1-2-3/h2-8H2,1H3;3H,2H2,1H3. The Kier molecular flexibility index (Phi) is 8.95. The quantitative estimate of drug-likeness (QED) is 0.689. The van der Waals surface area contributed by atoms with Crippen LogP contribution < -0.4 is 0 Å². The molecule has 74 valence electrons. The zero-order valence-electron chi connectivity index (χ0n) is 8.55. The lowest BCUT2D eigenvalue weighted by Gasteiger charge is -2.25. The molecule has 1 fully saturated rings. The molecule has 1 aliphatic rings. The van der Waals surface area contributed by atoms with Crippen LogP contribution in [0.1, 0.15) is 39.5 Å². The van der Waals surface area contributed by atoms with Gasteiger partial charge in [0.15, 0.2) is 0 Å². The summed E-state index contributed by atoms with van der Waals surface area (Å²) in [6.45, 7) is 8.22. The lowest BCUT2D eigenvalue weighted by atomic mass is 10.1. The fraction of sp³-hybridized carbons (Fsp3) is 1.00. The highest BCUT2D eigenvalue weighted by atomic mass is 16.2. The molecule has 0 aromatic carbocycles. The van der Waals surface area contributed by atoms with Crippen molar-refractivity contribution in [3.63, 3.8) is 0 Å². The van der Waals surface area contributed by atoms with E-state index in [1.807, 2.05) is 0 Å². The third-order valence-electron chi connectivity index (χ3n) is 1.99. The molecule has 0 atom stereocenters. The zero-order chi connectivity index (χ0) is 9.23. The number of nitrogens with zero attached hydrogens (tertiary/aromatic N) is 1. The molecule has 0 amide bonds. The van der Waals surface area contributed by atoms with Crippen LogP contribution in [0.2, 0.25) is 0 Å². The number of piperidine rings is 1. The van der Waals surface area contributed by atoms with Gasteiger partial charge in [0.1, 0.15) is 0 Å². The van der Waals surface area contributed by atoms with Crippen LogP contribution in [0.25, 0.3) is 0 Å². The summed E-state index contributed by atoms with van der Waals surface area (Å²) in [5.74, 6) is 0. The van der Waals surface area contributed by atoms with Crippen molar-refractivity contribution in [3.8, 4) is 0 Å². The molecular weight excluding hydrogens is 150 g/mol. The highest BCUT2D eigenvalue weighted by molar-refractivity contribution is 4.62. The molecule has 1 rings (SSSR count). The van der Waals surface area contributed by atoms with Crippen molar-refractivity contribution in [2.45, 2.75) is 39.5 Å². The first-order valence-corrected chi connectivity index (χ1v) is 5.18. The van der Waals surface area contributed by atoms with E-state index in [0.717, 1.165) is 0 Å². The average Bonchev–Trinajstić information content (AvgIpc) is 2.08. The van der Waals surface area contributed by atoms with Crippen molar-refractivity contribution in [1.82, 2.24) is 4.90 Å². The van der Waals surface area contributed by atoms with E-state index in [2.05, 4.69) is 11.8 Å². The molecule has 0 spiro atoms. The maximum absolute atomic E-state index is 7.57. The second-order valence-electron chi connectivity index (χ2n) is 3.22. The number of hydrogen-bond donors (Lipinski definition) is 1. The molecule has 0 saturated carbocycles. The fourth-order valence-corrected chi connectivity index (χ4v) is 1.50. The smallest absolute Gasteiger partial charge is 0.0402 e. The van der Waals surface area contributed by atoms with Crippen LogP contribution in [-0.4, -0.2) is 36.2 Å². The van der Waals surface area contributed by atoms with Crippen LogP contribution in [0, 0.1) is 0 Å². The lowest BCUT2D eigenvalue weighted by Crippen LogP contribution is -2.30. The molecule has 1 N–H and O–H groups in total. The molecule has 0 radical (unpaired) electrons. The number of aliphatic hydroxyl groups excluding tert-OH is 1. The molecule has 0 aromatic heterocycles. The van der Waals surface area contributed by atoms with Crippen molar-refractivity contribution in [1.29, 1.82) is 0 Å². The van der Waals surface area contributed by atoms with Gasteiger partial charge in [0.05, 0.1) is 0 Å². The minimum Gasteiger partial charge on any atom is -0.397 e. The largest absolute Gasteiger partial charge is 0.397 e. The van der Waals surface area contributed by atoms with Crippen molar-refractivity contribution >= 4 is 0 Å². The van der Waals surface area contributed by atoms with Crippen molar-refractivity contribution in [3.05, 3.63) is 0 Å². The Balaban J connectivity index is 0.000000354. The summed E-state index contributed by atoms with van der Waals surface area (Å²) in [7, 11) is 0. The van der Waals surface area contributed by atoms with Crippen LogP contribution >= 0.6 is 0 Å². The predicted molar refractivity (Wildman–Crippen MR) is 53.3 cm³/mol. The number of likely N-dealkylation sites (tertiary alicyclic amines) is 1. The van der Waals surface area contributed by atoms with Crippen LogP contribution in [0.3, 0.4) is 0 Å². The van der Waals surface area contributed by atoms with Crippen LogP contribution in [0.4, 0.5) is 0 Å². The van der Waals surface area contributed by atoms with Gasteiger partial charge in [0.25, 0.3) is 0 Å². The molecule has 1 heterocycles. The second kappa shape index (κ2) is 9.01. The molecule has 1 aliphatic heterocycles. The fourth-order valence-electron chi connectivity index (χ4n) is 1.50.